The summed E-state index contributed by atoms with van der Waals surface area (Å²) in [6.07, 6.45) is 6.57. The lowest BCUT2D eigenvalue weighted by atomic mass is 10.0. The van der Waals surface area contributed by atoms with Crippen LogP contribution in [-0.4, -0.2) is 27.5 Å². The highest BCUT2D eigenvalue weighted by molar-refractivity contribution is 5.78. The molecule has 6 nitrogen and oxygen atoms in total. The average molecular weight is 388 g/mol. The molecule has 0 radical (unpaired) electrons. The summed E-state index contributed by atoms with van der Waals surface area (Å²) in [6.45, 7) is 2.57. The van der Waals surface area contributed by atoms with Gasteiger partial charge >= 0.3 is 0 Å². The van der Waals surface area contributed by atoms with Crippen LogP contribution in [0.3, 0.4) is 0 Å². The van der Waals surface area contributed by atoms with Gasteiger partial charge in [0.25, 0.3) is 11.1 Å². The fraction of sp³-hybridized carbons (Fsp3) is 0.348. The fourth-order valence-electron chi connectivity index (χ4n) is 4.17. The first-order valence-corrected chi connectivity index (χ1v) is 10.1. The van der Waals surface area contributed by atoms with E-state index in [0.717, 1.165) is 13.1 Å². The van der Waals surface area contributed by atoms with Crippen molar-refractivity contribution in [3.63, 3.8) is 0 Å². The van der Waals surface area contributed by atoms with Gasteiger partial charge < -0.3 is 9.55 Å². The number of rotatable bonds is 4. The van der Waals surface area contributed by atoms with Gasteiger partial charge in [0.05, 0.1) is 16.9 Å². The summed E-state index contributed by atoms with van der Waals surface area (Å²) in [4.78, 5) is 30.1. The van der Waals surface area contributed by atoms with Gasteiger partial charge in [-0.2, -0.15) is 5.26 Å². The predicted octanol–water partition coefficient (Wildman–Crippen LogP) is 3.18. The highest BCUT2D eigenvalue weighted by atomic mass is 16.1. The quantitative estimate of drug-likeness (QED) is 0.744. The van der Waals surface area contributed by atoms with Gasteiger partial charge in [0.1, 0.15) is 11.6 Å². The van der Waals surface area contributed by atoms with E-state index in [1.165, 1.54) is 37.3 Å². The lowest BCUT2D eigenvalue weighted by Gasteiger charge is -2.31. The molecule has 0 spiro atoms. The Bertz CT molecular complexity index is 1150. The van der Waals surface area contributed by atoms with Crippen molar-refractivity contribution in [1.82, 2.24) is 14.5 Å². The van der Waals surface area contributed by atoms with Crippen molar-refractivity contribution in [2.45, 2.75) is 38.3 Å². The summed E-state index contributed by atoms with van der Waals surface area (Å²) in [6, 6.07) is 15.4. The number of H-pyrrole nitrogens is 1. The Balaban J connectivity index is 1.75. The standard InChI is InChI=1S/C23H24N4O2/c24-15-18-14-19-20(25-22(18)28)10-13-27(23(19)29)16-21(17-8-4-3-5-9-17)26-11-6-1-2-7-12-26/h3-5,8-10,13-14,21H,1-2,6-7,11-12,16H2,(H,25,28). The van der Waals surface area contributed by atoms with Crippen LogP contribution in [0.4, 0.5) is 0 Å². The van der Waals surface area contributed by atoms with Gasteiger partial charge in [-0.3, -0.25) is 14.5 Å². The van der Waals surface area contributed by atoms with E-state index in [0.29, 0.717) is 17.4 Å². The summed E-state index contributed by atoms with van der Waals surface area (Å²) >= 11 is 0. The molecule has 4 rings (SSSR count). The lowest BCUT2D eigenvalue weighted by Crippen LogP contribution is -2.35. The monoisotopic (exact) mass is 388 g/mol. The van der Waals surface area contributed by atoms with Gasteiger partial charge in [-0.1, -0.05) is 43.2 Å². The number of benzene rings is 1. The zero-order valence-corrected chi connectivity index (χ0v) is 16.3. The Hall–Kier alpha value is -3.17. The van der Waals surface area contributed by atoms with Gasteiger partial charge in [0.15, 0.2) is 0 Å². The van der Waals surface area contributed by atoms with E-state index in [1.807, 2.05) is 24.3 Å². The van der Waals surface area contributed by atoms with Gasteiger partial charge in [0, 0.05) is 12.7 Å². The highest BCUT2D eigenvalue weighted by Gasteiger charge is 2.22. The van der Waals surface area contributed by atoms with Crippen LogP contribution in [-0.2, 0) is 6.54 Å². The third-order valence-electron chi connectivity index (χ3n) is 5.74. The first-order valence-electron chi connectivity index (χ1n) is 10.1. The van der Waals surface area contributed by atoms with Crippen LogP contribution in [0, 0.1) is 11.3 Å². The molecule has 1 fully saturated rings. The maximum atomic E-state index is 13.1. The maximum absolute atomic E-state index is 13.1. The minimum Gasteiger partial charge on any atom is -0.321 e. The zero-order valence-electron chi connectivity index (χ0n) is 16.3. The molecule has 1 atom stereocenters. The number of nitrogens with one attached hydrogen (secondary N) is 1. The molecule has 0 saturated carbocycles. The molecule has 29 heavy (non-hydrogen) atoms. The van der Waals surface area contributed by atoms with Crippen molar-refractivity contribution >= 4 is 10.9 Å². The van der Waals surface area contributed by atoms with E-state index in [4.69, 9.17) is 5.26 Å². The van der Waals surface area contributed by atoms with Crippen LogP contribution >= 0.6 is 0 Å². The molecule has 0 amide bonds. The van der Waals surface area contributed by atoms with Crippen LogP contribution in [0.1, 0.15) is 42.9 Å². The Labute approximate surface area is 169 Å². The number of fused-ring (bicyclic) bond motifs is 1. The first kappa shape index (κ1) is 19.2. The predicted molar refractivity (Wildman–Crippen MR) is 113 cm³/mol. The normalized spacial score (nSPS) is 16.2. The van der Waals surface area contributed by atoms with Crippen LogP contribution in [0.5, 0.6) is 0 Å². The third-order valence-corrected chi connectivity index (χ3v) is 5.74. The largest absolute Gasteiger partial charge is 0.321 e. The molecule has 0 bridgehead atoms. The van der Waals surface area contributed by atoms with E-state index in [9.17, 15) is 9.59 Å². The maximum Gasteiger partial charge on any atom is 0.266 e. The Morgan fingerprint density at radius 1 is 1.03 bits per heavy atom. The molecule has 1 aliphatic rings. The number of hydrogen-bond acceptors (Lipinski definition) is 4. The number of pyridine rings is 2. The smallest absolute Gasteiger partial charge is 0.266 e. The molecule has 3 aromatic rings. The number of nitriles is 1. The van der Waals surface area contributed by atoms with Crippen LogP contribution in [0.25, 0.3) is 10.9 Å². The third kappa shape index (κ3) is 4.01. The molecule has 2 aromatic heterocycles. The topological polar surface area (TPSA) is 81.9 Å². The van der Waals surface area contributed by atoms with Gasteiger partial charge in [-0.15, -0.1) is 0 Å². The molecule has 0 aliphatic carbocycles. The van der Waals surface area contributed by atoms with Crippen molar-refractivity contribution in [2.24, 2.45) is 0 Å². The molecule has 1 aliphatic heterocycles. The number of aromatic nitrogens is 2. The molecule has 1 N–H and O–H groups in total. The Kier molecular flexibility index (Phi) is 5.59. The number of aromatic amines is 1. The van der Waals surface area contributed by atoms with E-state index in [1.54, 1.807) is 16.8 Å². The number of hydrogen-bond donors (Lipinski definition) is 1. The molecule has 148 valence electrons. The minimum absolute atomic E-state index is 0.0422. The second-order valence-electron chi connectivity index (χ2n) is 7.60. The van der Waals surface area contributed by atoms with Crippen molar-refractivity contribution < 1.29 is 0 Å². The van der Waals surface area contributed by atoms with Crippen LogP contribution < -0.4 is 11.1 Å². The number of likely N-dealkylation sites (tertiary alicyclic amines) is 1. The summed E-state index contributed by atoms with van der Waals surface area (Å²) in [5.41, 5.74) is 0.955. The van der Waals surface area contributed by atoms with Crippen molar-refractivity contribution in [1.29, 1.82) is 5.26 Å². The van der Waals surface area contributed by atoms with Gasteiger partial charge in [-0.25, -0.2) is 0 Å². The minimum atomic E-state index is -0.469. The fourth-order valence-corrected chi connectivity index (χ4v) is 4.17. The van der Waals surface area contributed by atoms with E-state index in [-0.39, 0.29) is 17.2 Å². The van der Waals surface area contributed by atoms with Crippen molar-refractivity contribution in [3.05, 3.63) is 80.5 Å². The van der Waals surface area contributed by atoms with Crippen LogP contribution in [0.15, 0.2) is 58.3 Å². The molecular weight excluding hydrogens is 364 g/mol. The molecule has 1 unspecified atom stereocenters. The summed E-state index contributed by atoms with van der Waals surface area (Å²) in [7, 11) is 0. The molecular formula is C23H24N4O2. The lowest BCUT2D eigenvalue weighted by molar-refractivity contribution is 0.184. The van der Waals surface area contributed by atoms with Gasteiger partial charge in [-0.05, 0) is 43.6 Å². The Morgan fingerprint density at radius 2 is 1.76 bits per heavy atom. The molecule has 1 saturated heterocycles. The molecule has 6 heteroatoms. The summed E-state index contributed by atoms with van der Waals surface area (Å²) < 4.78 is 1.70. The summed E-state index contributed by atoms with van der Waals surface area (Å²) in [5.74, 6) is 0. The van der Waals surface area contributed by atoms with Crippen molar-refractivity contribution in [2.75, 3.05) is 13.1 Å². The van der Waals surface area contributed by atoms with E-state index in [2.05, 4.69) is 22.0 Å². The highest BCUT2D eigenvalue weighted by Crippen LogP contribution is 2.25. The van der Waals surface area contributed by atoms with E-state index >= 15 is 0 Å². The summed E-state index contributed by atoms with van der Waals surface area (Å²) in [5, 5.41) is 9.51. The second kappa shape index (κ2) is 8.46. The molecule has 3 heterocycles. The number of nitrogens with zero attached hydrogens (tertiary/aromatic N) is 3. The first-order chi connectivity index (χ1) is 14.2. The molecule has 1 aromatic carbocycles. The SMILES string of the molecule is N#Cc1cc2c(=O)n(CC(c3ccccc3)N3CCCCCC3)ccc2[nH]c1=O. The van der Waals surface area contributed by atoms with Gasteiger partial charge in [0.2, 0.25) is 0 Å². The second-order valence-corrected chi connectivity index (χ2v) is 7.60. The average Bonchev–Trinajstić information content (AvgIpc) is 3.03. The van der Waals surface area contributed by atoms with Crippen molar-refractivity contribution in [3.8, 4) is 6.07 Å². The zero-order chi connectivity index (χ0) is 20.2. The van der Waals surface area contributed by atoms with Crippen LogP contribution in [0.2, 0.25) is 0 Å². The van der Waals surface area contributed by atoms with E-state index < -0.39 is 5.56 Å². The Morgan fingerprint density at radius 3 is 2.45 bits per heavy atom.